The zero-order valence-electron chi connectivity index (χ0n) is 20.2. The molecule has 180 valence electrons. The standard InChI is InChI=1S/C26H27Cl2O5P/c1-13-15(3)23-19(25(29-6)21(13)27)20-24(16(4)14(2)22(28)26(20)30-7)33-34(32-23)31-17(5)18-11-9-8-10-12-18/h8-12,17H,1-7H3/t17-/m1/s1. The molecule has 0 aliphatic heterocycles. The lowest BCUT2D eigenvalue weighted by molar-refractivity contribution is 0.285. The summed E-state index contributed by atoms with van der Waals surface area (Å²) >= 11 is 13.5. The van der Waals surface area contributed by atoms with Gasteiger partial charge in [0.05, 0.1) is 41.1 Å². The van der Waals surface area contributed by atoms with Crippen molar-refractivity contribution in [3.63, 3.8) is 0 Å². The largest absolute Gasteiger partial charge is 0.494 e. The van der Waals surface area contributed by atoms with Gasteiger partial charge in [0.1, 0.15) is 11.5 Å². The van der Waals surface area contributed by atoms with Gasteiger partial charge in [-0.25, -0.2) is 0 Å². The number of hydrogen-bond donors (Lipinski definition) is 0. The van der Waals surface area contributed by atoms with Gasteiger partial charge in [0.2, 0.25) is 0 Å². The number of hydrogen-bond acceptors (Lipinski definition) is 5. The van der Waals surface area contributed by atoms with Crippen LogP contribution in [0.2, 0.25) is 10.0 Å². The van der Waals surface area contributed by atoms with Gasteiger partial charge in [0.15, 0.2) is 11.2 Å². The molecule has 1 heterocycles. The first-order valence-corrected chi connectivity index (χ1v) is 12.7. The number of rotatable bonds is 5. The summed E-state index contributed by atoms with van der Waals surface area (Å²) in [6, 6.07) is 9.94. The summed E-state index contributed by atoms with van der Waals surface area (Å²) in [5.74, 6) is 0.936. The lowest BCUT2D eigenvalue weighted by Crippen LogP contribution is -2.00. The normalized spacial score (nSPS) is 12.3. The Morgan fingerprint density at radius 2 is 1.18 bits per heavy atom. The predicted octanol–water partition coefficient (Wildman–Crippen LogP) is 9.04. The molecular formula is C26H27Cl2O5P. The molecule has 0 saturated heterocycles. The predicted molar refractivity (Wildman–Crippen MR) is 140 cm³/mol. The van der Waals surface area contributed by atoms with E-state index in [1.54, 1.807) is 14.2 Å². The molecule has 0 saturated carbocycles. The Kier molecular flexibility index (Phi) is 7.12. The van der Waals surface area contributed by atoms with E-state index in [0.717, 1.165) is 27.8 Å². The minimum atomic E-state index is -1.84. The zero-order chi connectivity index (χ0) is 24.7. The van der Waals surface area contributed by atoms with E-state index in [-0.39, 0.29) is 6.10 Å². The van der Waals surface area contributed by atoms with E-state index in [1.165, 1.54) is 0 Å². The van der Waals surface area contributed by atoms with E-state index in [9.17, 15) is 0 Å². The maximum absolute atomic E-state index is 6.74. The average molecular weight is 521 g/mol. The van der Waals surface area contributed by atoms with Gasteiger partial charge in [-0.1, -0.05) is 53.5 Å². The van der Waals surface area contributed by atoms with Crippen LogP contribution in [0.1, 0.15) is 40.8 Å². The number of fused-ring (bicyclic) bond motifs is 3. The summed E-state index contributed by atoms with van der Waals surface area (Å²) in [6.07, 6.45) is -0.261. The van der Waals surface area contributed by atoms with Crippen molar-refractivity contribution in [2.75, 3.05) is 14.2 Å². The highest BCUT2D eigenvalue weighted by molar-refractivity contribution is 7.31. The van der Waals surface area contributed by atoms with Crippen LogP contribution in [0.4, 0.5) is 0 Å². The zero-order valence-corrected chi connectivity index (χ0v) is 22.6. The van der Waals surface area contributed by atoms with Crippen molar-refractivity contribution in [3.05, 3.63) is 68.2 Å². The number of methoxy groups -OCH3 is 2. The van der Waals surface area contributed by atoms with Gasteiger partial charge in [-0.05, 0) is 62.4 Å². The third-order valence-corrected chi connectivity index (χ3v) is 8.34. The van der Waals surface area contributed by atoms with Gasteiger partial charge < -0.3 is 17.9 Å². The molecule has 5 nitrogen and oxygen atoms in total. The van der Waals surface area contributed by atoms with Crippen molar-refractivity contribution in [2.45, 2.75) is 40.7 Å². The topological polar surface area (TPSA) is 54.0 Å². The third kappa shape index (κ3) is 4.05. The van der Waals surface area contributed by atoms with Crippen LogP contribution < -0.4 is 14.0 Å². The SMILES string of the molecule is COc1c(Cl)c(C)c(C)c2op(O[C@H](C)c3ccccc3)oc3c(C)c(C)c(Cl)c(OC)c3c12. The fourth-order valence-corrected chi connectivity index (χ4v) is 5.89. The molecule has 0 aliphatic carbocycles. The summed E-state index contributed by atoms with van der Waals surface area (Å²) in [7, 11) is 1.31. The van der Waals surface area contributed by atoms with Crippen molar-refractivity contribution >= 4 is 53.4 Å². The van der Waals surface area contributed by atoms with Crippen LogP contribution in [-0.2, 0) is 0 Å². The Labute approximate surface area is 210 Å². The minimum absolute atomic E-state index is 0.261. The molecule has 1 aromatic heterocycles. The summed E-state index contributed by atoms with van der Waals surface area (Å²) in [4.78, 5) is 0. The van der Waals surface area contributed by atoms with Gasteiger partial charge >= 0.3 is 8.24 Å². The number of ether oxygens (including phenoxy) is 2. The Balaban J connectivity index is 2.20. The Morgan fingerprint density at radius 1 is 0.735 bits per heavy atom. The van der Waals surface area contributed by atoms with Crippen LogP contribution >= 0.6 is 31.4 Å². The highest BCUT2D eigenvalue weighted by Gasteiger charge is 2.26. The first kappa shape index (κ1) is 24.8. The molecule has 0 radical (unpaired) electrons. The number of aryl methyl sites for hydroxylation is 2. The maximum atomic E-state index is 6.74. The Morgan fingerprint density at radius 3 is 1.59 bits per heavy atom. The van der Waals surface area contributed by atoms with Crippen molar-refractivity contribution in [1.29, 1.82) is 0 Å². The van der Waals surface area contributed by atoms with Crippen LogP contribution in [0.3, 0.4) is 0 Å². The van der Waals surface area contributed by atoms with Crippen LogP contribution in [0.25, 0.3) is 21.9 Å². The van der Waals surface area contributed by atoms with Crippen molar-refractivity contribution in [3.8, 4) is 11.5 Å². The van der Waals surface area contributed by atoms with E-state index < -0.39 is 8.24 Å². The van der Waals surface area contributed by atoms with Crippen LogP contribution in [0, 0.1) is 27.7 Å². The first-order valence-electron chi connectivity index (χ1n) is 10.8. The molecule has 0 bridgehead atoms. The monoisotopic (exact) mass is 520 g/mol. The molecule has 4 aromatic rings. The highest BCUT2D eigenvalue weighted by Crippen LogP contribution is 2.50. The van der Waals surface area contributed by atoms with Crippen molar-refractivity contribution in [1.82, 2.24) is 0 Å². The molecule has 0 aliphatic rings. The lowest BCUT2D eigenvalue weighted by Gasteiger charge is -2.15. The molecule has 0 amide bonds. The van der Waals surface area contributed by atoms with Crippen LogP contribution in [0.5, 0.6) is 11.5 Å². The lowest BCUT2D eigenvalue weighted by atomic mass is 9.99. The van der Waals surface area contributed by atoms with Gasteiger partial charge in [0.25, 0.3) is 0 Å². The molecule has 0 N–H and O–H groups in total. The average Bonchev–Trinajstić information content (AvgIpc) is 3.00. The Bertz CT molecular complexity index is 1350. The molecule has 0 unspecified atom stereocenters. The molecule has 0 spiro atoms. The smallest absolute Gasteiger partial charge is 0.388 e. The molecular weight excluding hydrogens is 494 g/mol. The third-order valence-electron chi connectivity index (χ3n) is 6.27. The summed E-state index contributed by atoms with van der Waals surface area (Å²) in [5, 5.41) is 2.26. The molecule has 3 aromatic carbocycles. The van der Waals surface area contributed by atoms with Gasteiger partial charge in [-0.15, -0.1) is 0 Å². The molecule has 8 heteroatoms. The van der Waals surface area contributed by atoms with Crippen LogP contribution in [0.15, 0.2) is 38.7 Å². The Hall–Kier alpha value is -2.30. The fourth-order valence-electron chi connectivity index (χ4n) is 4.00. The fraction of sp³-hybridized carbons (Fsp3) is 0.308. The maximum Gasteiger partial charge on any atom is 0.388 e. The van der Waals surface area contributed by atoms with E-state index in [0.29, 0.717) is 43.5 Å². The highest BCUT2D eigenvalue weighted by atomic mass is 35.5. The van der Waals surface area contributed by atoms with Gasteiger partial charge in [0, 0.05) is 0 Å². The summed E-state index contributed by atoms with van der Waals surface area (Å²) < 4.78 is 30.8. The van der Waals surface area contributed by atoms with E-state index >= 15 is 0 Å². The van der Waals surface area contributed by atoms with Crippen LogP contribution in [-0.4, -0.2) is 14.2 Å². The molecule has 1 atom stereocenters. The van der Waals surface area contributed by atoms with E-state index in [2.05, 4.69) is 0 Å². The number of benzene rings is 3. The van der Waals surface area contributed by atoms with E-state index in [1.807, 2.05) is 65.0 Å². The van der Waals surface area contributed by atoms with Gasteiger partial charge in [-0.3, -0.25) is 4.52 Å². The molecule has 0 fully saturated rings. The second-order valence-corrected chi connectivity index (χ2v) is 9.95. The van der Waals surface area contributed by atoms with Crippen molar-refractivity contribution in [2.24, 2.45) is 0 Å². The van der Waals surface area contributed by atoms with Crippen molar-refractivity contribution < 1.29 is 22.4 Å². The quantitative estimate of drug-likeness (QED) is 0.262. The second kappa shape index (κ2) is 9.75. The first-order chi connectivity index (χ1) is 16.2. The molecule has 4 rings (SSSR count). The minimum Gasteiger partial charge on any atom is -0.494 e. The second-order valence-electron chi connectivity index (χ2n) is 8.17. The number of halogens is 2. The van der Waals surface area contributed by atoms with E-state index in [4.69, 9.17) is 45.6 Å². The van der Waals surface area contributed by atoms with Gasteiger partial charge in [-0.2, -0.15) is 0 Å². The summed E-state index contributed by atoms with van der Waals surface area (Å²) in [6.45, 7) is 9.73. The molecule has 34 heavy (non-hydrogen) atoms. The summed E-state index contributed by atoms with van der Waals surface area (Å²) in [5.41, 5.74) is 5.57.